The molecule has 0 radical (unpaired) electrons. The number of nitrogens with zero attached hydrogens (tertiary/aromatic N) is 2. The highest BCUT2D eigenvalue weighted by Crippen LogP contribution is 2.34. The third-order valence-corrected chi connectivity index (χ3v) is 3.44. The SMILES string of the molecule is CC(C)(C)n1nc(-c2ccccc2Cl)c(C=O)c1Cl. The summed E-state index contributed by atoms with van der Waals surface area (Å²) in [5.41, 5.74) is 1.27. The van der Waals surface area contributed by atoms with E-state index in [-0.39, 0.29) is 5.54 Å². The van der Waals surface area contributed by atoms with Crippen molar-refractivity contribution in [1.29, 1.82) is 0 Å². The number of benzene rings is 1. The first-order valence-corrected chi connectivity index (χ1v) is 6.61. The number of aromatic nitrogens is 2. The Hall–Kier alpha value is -1.32. The van der Waals surface area contributed by atoms with Crippen LogP contribution in [-0.4, -0.2) is 16.1 Å². The minimum Gasteiger partial charge on any atom is -0.298 e. The van der Waals surface area contributed by atoms with Crippen LogP contribution in [0.15, 0.2) is 24.3 Å². The third-order valence-electron chi connectivity index (χ3n) is 2.75. The summed E-state index contributed by atoms with van der Waals surface area (Å²) in [4.78, 5) is 11.3. The third kappa shape index (κ3) is 2.53. The average Bonchev–Trinajstić information content (AvgIpc) is 2.66. The van der Waals surface area contributed by atoms with Crippen molar-refractivity contribution in [2.45, 2.75) is 26.3 Å². The fourth-order valence-electron chi connectivity index (χ4n) is 1.81. The first kappa shape index (κ1) is 14.1. The Labute approximate surface area is 122 Å². The van der Waals surface area contributed by atoms with E-state index >= 15 is 0 Å². The Morgan fingerprint density at radius 3 is 2.37 bits per heavy atom. The van der Waals surface area contributed by atoms with Gasteiger partial charge >= 0.3 is 0 Å². The molecule has 1 aromatic carbocycles. The zero-order valence-electron chi connectivity index (χ0n) is 10.9. The molecule has 0 fully saturated rings. The molecule has 0 atom stereocenters. The fraction of sp³-hybridized carbons (Fsp3) is 0.286. The zero-order chi connectivity index (χ0) is 14.2. The molecule has 0 amide bonds. The van der Waals surface area contributed by atoms with Crippen molar-refractivity contribution in [3.8, 4) is 11.3 Å². The number of halogens is 2. The predicted molar refractivity (Wildman–Crippen MR) is 78.1 cm³/mol. The highest BCUT2D eigenvalue weighted by Gasteiger charge is 2.25. The lowest BCUT2D eigenvalue weighted by molar-refractivity contribution is 0.112. The molecule has 5 heteroatoms. The van der Waals surface area contributed by atoms with Crippen molar-refractivity contribution in [1.82, 2.24) is 9.78 Å². The summed E-state index contributed by atoms with van der Waals surface area (Å²) in [7, 11) is 0. The van der Waals surface area contributed by atoms with Gasteiger partial charge in [-0.05, 0) is 26.8 Å². The molecule has 0 unspecified atom stereocenters. The van der Waals surface area contributed by atoms with Gasteiger partial charge in [0, 0.05) is 5.56 Å². The van der Waals surface area contributed by atoms with Gasteiger partial charge in [-0.3, -0.25) is 4.79 Å². The summed E-state index contributed by atoms with van der Waals surface area (Å²) in [6.07, 6.45) is 0.718. The summed E-state index contributed by atoms with van der Waals surface area (Å²) in [5, 5.41) is 5.33. The van der Waals surface area contributed by atoms with Gasteiger partial charge in [-0.2, -0.15) is 5.10 Å². The molecule has 2 aromatic rings. The van der Waals surface area contributed by atoms with Crippen molar-refractivity contribution in [3.63, 3.8) is 0 Å². The predicted octanol–water partition coefficient (Wildman–Crippen LogP) is 4.42. The number of hydrogen-bond acceptors (Lipinski definition) is 2. The molecule has 0 aliphatic heterocycles. The van der Waals surface area contributed by atoms with Gasteiger partial charge in [0.25, 0.3) is 0 Å². The monoisotopic (exact) mass is 296 g/mol. The largest absolute Gasteiger partial charge is 0.298 e. The van der Waals surface area contributed by atoms with Crippen LogP contribution in [0, 0.1) is 0 Å². The first-order valence-electron chi connectivity index (χ1n) is 5.85. The molecular weight excluding hydrogens is 283 g/mol. The van der Waals surface area contributed by atoms with E-state index < -0.39 is 0 Å². The van der Waals surface area contributed by atoms with Gasteiger partial charge in [-0.15, -0.1) is 0 Å². The Morgan fingerprint density at radius 2 is 1.84 bits per heavy atom. The van der Waals surface area contributed by atoms with Gasteiger partial charge in [-0.1, -0.05) is 41.4 Å². The quantitative estimate of drug-likeness (QED) is 0.769. The molecule has 1 aromatic heterocycles. The van der Waals surface area contributed by atoms with Crippen LogP contribution in [0.25, 0.3) is 11.3 Å². The minimum atomic E-state index is -0.311. The molecule has 3 nitrogen and oxygen atoms in total. The maximum absolute atomic E-state index is 11.3. The molecule has 2 rings (SSSR count). The second-order valence-electron chi connectivity index (χ2n) is 5.23. The zero-order valence-corrected chi connectivity index (χ0v) is 12.5. The van der Waals surface area contributed by atoms with E-state index in [0.717, 1.165) is 6.29 Å². The summed E-state index contributed by atoms with van der Waals surface area (Å²) in [6.45, 7) is 5.91. The topological polar surface area (TPSA) is 34.9 Å². The molecule has 1 heterocycles. The first-order chi connectivity index (χ1) is 8.86. The van der Waals surface area contributed by atoms with E-state index in [9.17, 15) is 4.79 Å². The van der Waals surface area contributed by atoms with Crippen LogP contribution >= 0.6 is 23.2 Å². The molecule has 0 saturated carbocycles. The van der Waals surface area contributed by atoms with Crippen molar-refractivity contribution in [2.75, 3.05) is 0 Å². The summed E-state index contributed by atoms with van der Waals surface area (Å²) in [5.74, 6) is 0. The van der Waals surface area contributed by atoms with Crippen molar-refractivity contribution in [2.24, 2.45) is 0 Å². The molecule has 0 N–H and O–H groups in total. The molecule has 0 saturated heterocycles. The standard InChI is InChI=1S/C14H14Cl2N2O/c1-14(2,3)18-13(16)10(8-19)12(17-18)9-6-4-5-7-11(9)15/h4-8H,1-3H3. The average molecular weight is 297 g/mol. The molecule has 0 bridgehead atoms. The van der Waals surface area contributed by atoms with Crippen molar-refractivity contribution >= 4 is 29.5 Å². The molecule has 0 spiro atoms. The number of carbonyl (C=O) groups is 1. The summed E-state index contributed by atoms with van der Waals surface area (Å²) in [6, 6.07) is 7.26. The highest BCUT2D eigenvalue weighted by atomic mass is 35.5. The van der Waals surface area contributed by atoms with E-state index in [0.29, 0.717) is 27.0 Å². The van der Waals surface area contributed by atoms with Gasteiger partial charge in [0.05, 0.1) is 16.1 Å². The number of hydrogen-bond donors (Lipinski definition) is 0. The summed E-state index contributed by atoms with van der Waals surface area (Å²) < 4.78 is 1.64. The number of aldehydes is 1. The Bertz CT molecular complexity index is 627. The number of carbonyl (C=O) groups excluding carboxylic acids is 1. The van der Waals surface area contributed by atoms with Crippen molar-refractivity contribution in [3.05, 3.63) is 40.0 Å². The van der Waals surface area contributed by atoms with Gasteiger partial charge < -0.3 is 0 Å². The maximum Gasteiger partial charge on any atom is 0.155 e. The van der Waals surface area contributed by atoms with Crippen LogP contribution in [0.3, 0.4) is 0 Å². The lowest BCUT2D eigenvalue weighted by Crippen LogP contribution is -2.23. The molecular formula is C14H14Cl2N2O. The van der Waals surface area contributed by atoms with Crippen LogP contribution in [0.4, 0.5) is 0 Å². The smallest absolute Gasteiger partial charge is 0.155 e. The second kappa shape index (κ2) is 4.99. The molecule has 100 valence electrons. The lowest BCUT2D eigenvalue weighted by atomic mass is 10.1. The van der Waals surface area contributed by atoms with Crippen LogP contribution in [0.5, 0.6) is 0 Å². The van der Waals surface area contributed by atoms with Crippen LogP contribution < -0.4 is 0 Å². The van der Waals surface area contributed by atoms with Gasteiger partial charge in [0.1, 0.15) is 10.8 Å². The molecule has 0 aliphatic carbocycles. The Kier molecular flexibility index (Phi) is 3.70. The maximum atomic E-state index is 11.3. The van der Waals surface area contributed by atoms with Crippen LogP contribution in [-0.2, 0) is 5.54 Å². The minimum absolute atomic E-state index is 0.311. The fourth-order valence-corrected chi connectivity index (χ4v) is 2.46. The molecule has 19 heavy (non-hydrogen) atoms. The van der Waals surface area contributed by atoms with E-state index in [1.807, 2.05) is 39.0 Å². The Morgan fingerprint density at radius 1 is 1.21 bits per heavy atom. The van der Waals surface area contributed by atoms with Gasteiger partial charge in [0.2, 0.25) is 0 Å². The van der Waals surface area contributed by atoms with Crippen LogP contribution in [0.2, 0.25) is 10.2 Å². The van der Waals surface area contributed by atoms with E-state index in [4.69, 9.17) is 23.2 Å². The number of rotatable bonds is 2. The lowest BCUT2D eigenvalue weighted by Gasteiger charge is -2.20. The van der Waals surface area contributed by atoms with E-state index in [1.54, 1.807) is 10.7 Å². The van der Waals surface area contributed by atoms with Gasteiger partial charge in [0.15, 0.2) is 6.29 Å². The van der Waals surface area contributed by atoms with Crippen molar-refractivity contribution < 1.29 is 4.79 Å². The molecule has 0 aliphatic rings. The van der Waals surface area contributed by atoms with Crippen LogP contribution in [0.1, 0.15) is 31.1 Å². The summed E-state index contributed by atoms with van der Waals surface area (Å²) >= 11 is 12.4. The van der Waals surface area contributed by atoms with Gasteiger partial charge in [-0.25, -0.2) is 4.68 Å². The van der Waals surface area contributed by atoms with E-state index in [1.165, 1.54) is 0 Å². The highest BCUT2D eigenvalue weighted by molar-refractivity contribution is 6.34. The van der Waals surface area contributed by atoms with E-state index in [2.05, 4.69) is 5.10 Å². The second-order valence-corrected chi connectivity index (χ2v) is 6.00. The Balaban J connectivity index is 2.72. The normalized spacial score (nSPS) is 11.6.